The van der Waals surface area contributed by atoms with Gasteiger partial charge in [0.1, 0.15) is 0 Å². The van der Waals surface area contributed by atoms with Gasteiger partial charge in [-0.15, -0.1) is 0 Å². The predicted molar refractivity (Wildman–Crippen MR) is 31.3 cm³/mol. The maximum atomic E-state index is 2.44. The fraction of sp³-hybridized carbons (Fsp3) is 0.750. The second-order valence-corrected chi connectivity index (χ2v) is 2.93. The second kappa shape index (κ2) is 1.45. The molecule has 1 radical (unpaired) electrons. The fourth-order valence-electron chi connectivity index (χ4n) is 0.293. The summed E-state index contributed by atoms with van der Waals surface area (Å²) in [6.45, 7) is 0. The van der Waals surface area contributed by atoms with Gasteiger partial charge in [-0.1, -0.05) is 22.6 Å². The molecule has 0 N–H and O–H groups in total. The van der Waals surface area contributed by atoms with Crippen LogP contribution >= 0.6 is 22.6 Å². The molecular weight excluding hydrogens is 175 g/mol. The number of alkyl halides is 1. The molecule has 1 heteroatoms. The Bertz CT molecular complexity index is 30.6. The van der Waals surface area contributed by atoms with Gasteiger partial charge in [0, 0.05) is 3.92 Å². The quantitative estimate of drug-likeness (QED) is 0.394. The maximum Gasteiger partial charge on any atom is 0.0141 e. The molecule has 0 nitrogen and oxygen atoms in total. The van der Waals surface area contributed by atoms with Crippen LogP contribution in [0.25, 0.3) is 0 Å². The highest BCUT2D eigenvalue weighted by molar-refractivity contribution is 14.1. The zero-order chi connectivity index (χ0) is 3.70. The number of rotatable bonds is 0. The molecule has 0 heterocycles. The van der Waals surface area contributed by atoms with Crippen LogP contribution in [-0.2, 0) is 0 Å². The molecule has 0 aliphatic heterocycles. The van der Waals surface area contributed by atoms with Gasteiger partial charge in [0.25, 0.3) is 0 Å². The Morgan fingerprint density at radius 3 is 2.20 bits per heavy atom. The van der Waals surface area contributed by atoms with Crippen molar-refractivity contribution in [1.29, 1.82) is 0 Å². The van der Waals surface area contributed by atoms with Crippen molar-refractivity contribution >= 4 is 22.6 Å². The van der Waals surface area contributed by atoms with E-state index in [-0.39, 0.29) is 0 Å². The molecule has 1 fully saturated rings. The summed E-state index contributed by atoms with van der Waals surface area (Å²) in [4.78, 5) is 0. The molecule has 5 heavy (non-hydrogen) atoms. The van der Waals surface area contributed by atoms with Crippen LogP contribution in [0, 0.1) is 6.42 Å². The number of hydrogen-bond donors (Lipinski definition) is 0. The largest absolute Gasteiger partial charge is 0.0823 e. The highest BCUT2D eigenvalue weighted by Gasteiger charge is 2.11. The van der Waals surface area contributed by atoms with E-state index >= 15 is 0 Å². The van der Waals surface area contributed by atoms with Crippen molar-refractivity contribution in [2.75, 3.05) is 0 Å². The Kier molecular flexibility index (Phi) is 1.13. The van der Waals surface area contributed by atoms with Gasteiger partial charge in [0.15, 0.2) is 0 Å². The molecule has 1 aliphatic carbocycles. The fourth-order valence-corrected chi connectivity index (χ4v) is 1.01. The Balaban J connectivity index is 2.08. The van der Waals surface area contributed by atoms with Crippen LogP contribution in [0.1, 0.15) is 12.8 Å². The molecule has 1 saturated carbocycles. The third-order valence-electron chi connectivity index (χ3n) is 0.865. The molecule has 0 aromatic rings. The molecule has 0 amide bonds. The lowest BCUT2D eigenvalue weighted by atomic mass is 10.0. The molecule has 29 valence electrons. The van der Waals surface area contributed by atoms with E-state index < -0.39 is 0 Å². The van der Waals surface area contributed by atoms with E-state index in [1.807, 2.05) is 0 Å². The monoisotopic (exact) mass is 181 g/mol. The summed E-state index contributed by atoms with van der Waals surface area (Å²) in [6.07, 6.45) is 5.11. The summed E-state index contributed by atoms with van der Waals surface area (Å²) in [7, 11) is 0. The molecule has 0 saturated heterocycles. The van der Waals surface area contributed by atoms with E-state index in [9.17, 15) is 0 Å². The molecule has 1 aliphatic rings. The first kappa shape index (κ1) is 3.90. The molecule has 0 aromatic heterocycles. The first-order chi connectivity index (χ1) is 2.39. The smallest absolute Gasteiger partial charge is 0.0141 e. The molecule has 0 bridgehead atoms. The van der Waals surface area contributed by atoms with Crippen molar-refractivity contribution in [2.24, 2.45) is 0 Å². The van der Waals surface area contributed by atoms with Gasteiger partial charge in [-0.05, 0) is 19.3 Å². The predicted octanol–water partition coefficient (Wildman–Crippen LogP) is 1.79. The van der Waals surface area contributed by atoms with Crippen LogP contribution in [-0.4, -0.2) is 3.92 Å². The molecule has 0 aromatic carbocycles. The van der Waals surface area contributed by atoms with Gasteiger partial charge in [-0.3, -0.25) is 0 Å². The maximum absolute atomic E-state index is 2.44. The number of hydrogen-bond acceptors (Lipinski definition) is 0. The van der Waals surface area contributed by atoms with Crippen molar-refractivity contribution in [3.8, 4) is 0 Å². The van der Waals surface area contributed by atoms with Crippen LogP contribution in [0.5, 0.6) is 0 Å². The molecule has 1 atom stereocenters. The average molecular weight is 181 g/mol. The Labute approximate surface area is 46.1 Å². The van der Waals surface area contributed by atoms with Gasteiger partial charge in [-0.25, -0.2) is 0 Å². The minimum Gasteiger partial charge on any atom is -0.0823 e. The van der Waals surface area contributed by atoms with Crippen molar-refractivity contribution in [2.45, 2.75) is 16.8 Å². The van der Waals surface area contributed by atoms with Crippen LogP contribution in [0.15, 0.2) is 0 Å². The molecule has 1 rings (SSSR count). The lowest BCUT2D eigenvalue weighted by Crippen LogP contribution is -2.08. The first-order valence-corrected chi connectivity index (χ1v) is 3.11. The topological polar surface area (TPSA) is 0 Å². The summed E-state index contributed by atoms with van der Waals surface area (Å²) < 4.78 is 0.910. The summed E-state index contributed by atoms with van der Waals surface area (Å²) in [5.41, 5.74) is 0. The zero-order valence-electron chi connectivity index (χ0n) is 2.95. The van der Waals surface area contributed by atoms with Crippen LogP contribution < -0.4 is 0 Å². The third-order valence-corrected chi connectivity index (χ3v) is 2.00. The SMILES string of the molecule is IC1[CH]CC1. The van der Waals surface area contributed by atoms with Crippen molar-refractivity contribution in [1.82, 2.24) is 0 Å². The number of halogens is 1. The highest BCUT2D eigenvalue weighted by Crippen LogP contribution is 2.24. The van der Waals surface area contributed by atoms with Crippen molar-refractivity contribution < 1.29 is 0 Å². The van der Waals surface area contributed by atoms with E-state index in [4.69, 9.17) is 0 Å². The summed E-state index contributed by atoms with van der Waals surface area (Å²) >= 11 is 2.44. The molecular formula is C4H6I. The summed E-state index contributed by atoms with van der Waals surface area (Å²) in [5.74, 6) is 0. The lowest BCUT2D eigenvalue weighted by Gasteiger charge is -2.16. The van der Waals surface area contributed by atoms with Gasteiger partial charge >= 0.3 is 0 Å². The normalized spacial score (nSPS) is 25.8. The van der Waals surface area contributed by atoms with Crippen molar-refractivity contribution in [3.63, 3.8) is 0 Å². The standard InChI is InChI=1S/C4H6I/c5-4-2-1-3-4/h2,4H,1,3H2. The summed E-state index contributed by atoms with van der Waals surface area (Å²) in [6, 6.07) is 0. The van der Waals surface area contributed by atoms with Gasteiger partial charge in [0.05, 0.1) is 0 Å². The van der Waals surface area contributed by atoms with E-state index in [0.717, 1.165) is 3.92 Å². The van der Waals surface area contributed by atoms with Crippen LogP contribution in [0.2, 0.25) is 0 Å². The zero-order valence-corrected chi connectivity index (χ0v) is 5.10. The molecule has 1 unspecified atom stereocenters. The average Bonchev–Trinajstić information content (AvgIpc) is 1.30. The Morgan fingerprint density at radius 2 is 2.20 bits per heavy atom. The minimum absolute atomic E-state index is 0.910. The third kappa shape index (κ3) is 0.778. The van der Waals surface area contributed by atoms with Gasteiger partial charge < -0.3 is 0 Å². The minimum atomic E-state index is 0.910. The van der Waals surface area contributed by atoms with E-state index in [2.05, 4.69) is 29.0 Å². The highest BCUT2D eigenvalue weighted by atomic mass is 127. The van der Waals surface area contributed by atoms with Crippen LogP contribution in [0.3, 0.4) is 0 Å². The Morgan fingerprint density at radius 1 is 1.80 bits per heavy atom. The van der Waals surface area contributed by atoms with E-state index in [0.29, 0.717) is 0 Å². The second-order valence-electron chi connectivity index (χ2n) is 1.33. The van der Waals surface area contributed by atoms with Crippen LogP contribution in [0.4, 0.5) is 0 Å². The first-order valence-electron chi connectivity index (χ1n) is 1.87. The van der Waals surface area contributed by atoms with Gasteiger partial charge in [-0.2, -0.15) is 0 Å². The summed E-state index contributed by atoms with van der Waals surface area (Å²) in [5, 5.41) is 0. The van der Waals surface area contributed by atoms with Crippen molar-refractivity contribution in [3.05, 3.63) is 6.42 Å². The Hall–Kier alpha value is 0.730. The molecule has 0 spiro atoms. The van der Waals surface area contributed by atoms with E-state index in [1.54, 1.807) is 0 Å². The van der Waals surface area contributed by atoms with E-state index in [1.165, 1.54) is 12.8 Å². The lowest BCUT2D eigenvalue weighted by molar-refractivity contribution is 0.691. The van der Waals surface area contributed by atoms with Gasteiger partial charge in [0.2, 0.25) is 0 Å².